The normalized spacial score (nSPS) is 12.1. The number of amides is 1. The first-order chi connectivity index (χ1) is 9.54. The highest BCUT2D eigenvalue weighted by atomic mass is 16.5. The molecule has 0 saturated heterocycles. The van der Waals surface area contributed by atoms with Crippen molar-refractivity contribution in [3.05, 3.63) is 36.1 Å². The summed E-state index contributed by atoms with van der Waals surface area (Å²) in [6.07, 6.45) is 0.584. The quantitative estimate of drug-likeness (QED) is 0.848. The molecule has 0 aliphatic carbocycles. The molecule has 0 fully saturated rings. The van der Waals surface area contributed by atoms with Gasteiger partial charge >= 0.3 is 5.97 Å². The van der Waals surface area contributed by atoms with Crippen LogP contribution in [0.1, 0.15) is 19.6 Å². The van der Waals surface area contributed by atoms with Crippen LogP contribution in [0.25, 0.3) is 11.0 Å². The Balaban J connectivity index is 1.89. The lowest BCUT2D eigenvalue weighted by Gasteiger charge is -2.12. The van der Waals surface area contributed by atoms with Gasteiger partial charge in [-0.2, -0.15) is 0 Å². The number of hydrogen-bond donors (Lipinski definition) is 1. The van der Waals surface area contributed by atoms with Crippen molar-refractivity contribution in [3.8, 4) is 0 Å². The third-order valence-electron chi connectivity index (χ3n) is 2.80. The van der Waals surface area contributed by atoms with Crippen LogP contribution in [0.2, 0.25) is 0 Å². The number of ether oxygens (including phenoxy) is 1. The maximum absolute atomic E-state index is 11.5. The summed E-state index contributed by atoms with van der Waals surface area (Å²) < 4.78 is 10.3. The Morgan fingerprint density at radius 2 is 2.10 bits per heavy atom. The highest BCUT2D eigenvalue weighted by Crippen LogP contribution is 2.19. The van der Waals surface area contributed by atoms with Crippen LogP contribution in [-0.4, -0.2) is 24.5 Å². The Hall–Kier alpha value is -2.30. The maximum atomic E-state index is 11.5. The first-order valence-electron chi connectivity index (χ1n) is 6.45. The molecule has 5 heteroatoms. The van der Waals surface area contributed by atoms with Crippen molar-refractivity contribution in [1.29, 1.82) is 0 Å². The zero-order chi connectivity index (χ0) is 14.5. The van der Waals surface area contributed by atoms with E-state index in [1.165, 1.54) is 6.92 Å². The van der Waals surface area contributed by atoms with Gasteiger partial charge in [-0.25, -0.2) is 0 Å². The first kappa shape index (κ1) is 14.1. The van der Waals surface area contributed by atoms with E-state index in [9.17, 15) is 9.59 Å². The molecule has 5 nitrogen and oxygen atoms in total. The van der Waals surface area contributed by atoms with Crippen LogP contribution in [0.4, 0.5) is 0 Å². The van der Waals surface area contributed by atoms with Gasteiger partial charge in [-0.3, -0.25) is 9.59 Å². The van der Waals surface area contributed by atoms with E-state index in [2.05, 4.69) is 10.1 Å². The summed E-state index contributed by atoms with van der Waals surface area (Å²) in [5.74, 6) is 0.0281. The molecule has 0 spiro atoms. The Morgan fingerprint density at radius 3 is 2.80 bits per heavy atom. The summed E-state index contributed by atoms with van der Waals surface area (Å²) in [5.41, 5.74) is 0.834. The highest BCUT2D eigenvalue weighted by Gasteiger charge is 2.12. The van der Waals surface area contributed by atoms with Crippen LogP contribution in [0.15, 0.2) is 34.7 Å². The van der Waals surface area contributed by atoms with Gasteiger partial charge in [0.1, 0.15) is 11.3 Å². The molecule has 1 atom stereocenters. The zero-order valence-electron chi connectivity index (χ0n) is 11.5. The lowest BCUT2D eigenvalue weighted by Crippen LogP contribution is -2.36. The van der Waals surface area contributed by atoms with Crippen LogP contribution < -0.4 is 5.32 Å². The fourth-order valence-corrected chi connectivity index (χ4v) is 1.97. The molecule has 1 aromatic heterocycles. The number of furan rings is 1. The topological polar surface area (TPSA) is 68.5 Å². The second kappa shape index (κ2) is 6.23. The molecule has 2 rings (SSSR count). The smallest absolute Gasteiger partial charge is 0.303 e. The molecule has 0 bridgehead atoms. The molecule has 1 aromatic carbocycles. The molecule has 0 radical (unpaired) electrons. The number of carbonyl (C=O) groups excluding carboxylic acids is 2. The average molecular weight is 275 g/mol. The van der Waals surface area contributed by atoms with Gasteiger partial charge in [0.25, 0.3) is 5.91 Å². The predicted molar refractivity (Wildman–Crippen MR) is 74.2 cm³/mol. The lowest BCUT2D eigenvalue weighted by molar-refractivity contribution is -0.146. The molecule has 0 aliphatic rings. The third-order valence-corrected chi connectivity index (χ3v) is 2.80. The van der Waals surface area contributed by atoms with Gasteiger partial charge in [0.15, 0.2) is 6.61 Å². The van der Waals surface area contributed by atoms with E-state index >= 15 is 0 Å². The zero-order valence-corrected chi connectivity index (χ0v) is 11.5. The van der Waals surface area contributed by atoms with Crippen molar-refractivity contribution in [2.45, 2.75) is 26.3 Å². The van der Waals surface area contributed by atoms with E-state index in [-0.39, 0.29) is 18.6 Å². The van der Waals surface area contributed by atoms with Gasteiger partial charge in [0.05, 0.1) is 0 Å². The van der Waals surface area contributed by atoms with Gasteiger partial charge in [0.2, 0.25) is 0 Å². The van der Waals surface area contributed by atoms with Crippen LogP contribution in [0, 0.1) is 0 Å². The average Bonchev–Trinajstić information content (AvgIpc) is 2.78. The largest absolute Gasteiger partial charge is 0.461 e. The van der Waals surface area contributed by atoms with Crippen LogP contribution in [-0.2, 0) is 20.7 Å². The van der Waals surface area contributed by atoms with Gasteiger partial charge in [-0.15, -0.1) is 0 Å². The minimum absolute atomic E-state index is 0.0985. The second-order valence-corrected chi connectivity index (χ2v) is 4.70. The van der Waals surface area contributed by atoms with Crippen molar-refractivity contribution in [2.24, 2.45) is 0 Å². The standard InChI is InChI=1S/C15H17NO4/c1-10(16-15(18)9-19-11(2)17)7-13-8-12-5-3-4-6-14(12)20-13/h3-6,8,10H,7,9H2,1-2H3,(H,16,18)/t10-/m0/s1. The molecule has 1 N–H and O–H groups in total. The monoisotopic (exact) mass is 275 g/mol. The van der Waals surface area contributed by atoms with E-state index < -0.39 is 5.97 Å². The summed E-state index contributed by atoms with van der Waals surface area (Å²) in [6, 6.07) is 9.61. The molecule has 20 heavy (non-hydrogen) atoms. The molecular weight excluding hydrogens is 258 g/mol. The number of fused-ring (bicyclic) bond motifs is 1. The van der Waals surface area contributed by atoms with Crippen molar-refractivity contribution >= 4 is 22.8 Å². The predicted octanol–water partition coefficient (Wildman–Crippen LogP) is 2.04. The van der Waals surface area contributed by atoms with Crippen molar-refractivity contribution in [2.75, 3.05) is 6.61 Å². The number of esters is 1. The maximum Gasteiger partial charge on any atom is 0.303 e. The molecule has 0 unspecified atom stereocenters. The van der Waals surface area contributed by atoms with E-state index in [1.54, 1.807) is 0 Å². The fourth-order valence-electron chi connectivity index (χ4n) is 1.97. The number of rotatable bonds is 5. The SMILES string of the molecule is CC(=O)OCC(=O)N[C@@H](C)Cc1cc2ccccc2o1. The Bertz CT molecular complexity index is 584. The molecular formula is C15H17NO4. The second-order valence-electron chi connectivity index (χ2n) is 4.70. The summed E-state index contributed by atoms with van der Waals surface area (Å²) in [6.45, 7) is 2.89. The summed E-state index contributed by atoms with van der Waals surface area (Å²) in [4.78, 5) is 22.1. The third kappa shape index (κ3) is 3.85. The molecule has 1 heterocycles. The van der Waals surface area contributed by atoms with Crippen LogP contribution in [0.5, 0.6) is 0 Å². The van der Waals surface area contributed by atoms with Gasteiger partial charge in [0, 0.05) is 24.8 Å². The fraction of sp³-hybridized carbons (Fsp3) is 0.333. The summed E-state index contributed by atoms with van der Waals surface area (Å²) in [7, 11) is 0. The first-order valence-corrected chi connectivity index (χ1v) is 6.45. The highest BCUT2D eigenvalue weighted by molar-refractivity contribution is 5.80. The lowest BCUT2D eigenvalue weighted by atomic mass is 10.2. The van der Waals surface area contributed by atoms with Gasteiger partial charge in [-0.05, 0) is 19.1 Å². The van der Waals surface area contributed by atoms with E-state index in [0.717, 1.165) is 16.7 Å². The molecule has 0 aliphatic heterocycles. The van der Waals surface area contributed by atoms with E-state index in [0.29, 0.717) is 6.42 Å². The molecule has 1 amide bonds. The Labute approximate surface area is 116 Å². The van der Waals surface area contributed by atoms with E-state index in [4.69, 9.17) is 4.42 Å². The van der Waals surface area contributed by atoms with Crippen molar-refractivity contribution < 1.29 is 18.7 Å². The molecule has 0 saturated carbocycles. The van der Waals surface area contributed by atoms with Crippen LogP contribution in [0.3, 0.4) is 0 Å². The number of nitrogens with one attached hydrogen (secondary N) is 1. The van der Waals surface area contributed by atoms with Crippen molar-refractivity contribution in [1.82, 2.24) is 5.32 Å². The number of para-hydroxylation sites is 1. The minimum atomic E-state index is -0.468. The number of carbonyl (C=O) groups is 2. The summed E-state index contributed by atoms with van der Waals surface area (Å²) in [5, 5.41) is 3.79. The van der Waals surface area contributed by atoms with Gasteiger partial charge < -0.3 is 14.5 Å². The van der Waals surface area contributed by atoms with Crippen molar-refractivity contribution in [3.63, 3.8) is 0 Å². The number of benzene rings is 1. The molecule has 2 aromatic rings. The molecule has 106 valence electrons. The Morgan fingerprint density at radius 1 is 1.35 bits per heavy atom. The Kier molecular flexibility index (Phi) is 4.40. The minimum Gasteiger partial charge on any atom is -0.461 e. The summed E-state index contributed by atoms with van der Waals surface area (Å²) >= 11 is 0. The van der Waals surface area contributed by atoms with Gasteiger partial charge in [-0.1, -0.05) is 18.2 Å². The number of hydrogen-bond acceptors (Lipinski definition) is 4. The van der Waals surface area contributed by atoms with E-state index in [1.807, 2.05) is 37.3 Å². The van der Waals surface area contributed by atoms with Crippen LogP contribution >= 0.6 is 0 Å².